The van der Waals surface area contributed by atoms with Crippen LogP contribution >= 0.6 is 11.6 Å². The van der Waals surface area contributed by atoms with E-state index in [1.165, 1.54) is 0 Å². The molecule has 0 aliphatic carbocycles. The number of fused-ring (bicyclic) bond motifs is 1. The Hall–Kier alpha value is -2.59. The highest BCUT2D eigenvalue weighted by atomic mass is 35.5. The number of carbonyl (C=O) groups is 1. The third-order valence-corrected chi connectivity index (χ3v) is 3.64. The van der Waals surface area contributed by atoms with Gasteiger partial charge in [-0.25, -0.2) is 9.78 Å². The number of hydrogen-bond donors (Lipinski definition) is 1. The number of carboxylic acids is 1. The predicted molar refractivity (Wildman–Crippen MR) is 85.7 cm³/mol. The van der Waals surface area contributed by atoms with Gasteiger partial charge in [-0.3, -0.25) is 0 Å². The van der Waals surface area contributed by atoms with E-state index in [2.05, 4.69) is 4.98 Å². The summed E-state index contributed by atoms with van der Waals surface area (Å²) in [5, 5.41) is 10.6. The van der Waals surface area contributed by atoms with E-state index in [1.807, 2.05) is 12.1 Å². The molecule has 1 aromatic heterocycles. The predicted octanol–water partition coefficient (Wildman–Crippen LogP) is 4.26. The molecule has 3 aromatic rings. The van der Waals surface area contributed by atoms with Crippen LogP contribution < -0.4 is 4.74 Å². The number of methoxy groups -OCH3 is 1. The third kappa shape index (κ3) is 2.61. The maximum Gasteiger partial charge on any atom is 0.336 e. The van der Waals surface area contributed by atoms with Gasteiger partial charge in [0.15, 0.2) is 0 Å². The Kier molecular flexibility index (Phi) is 3.69. The number of rotatable bonds is 3. The summed E-state index contributed by atoms with van der Waals surface area (Å²) in [7, 11) is 1.56. The first-order chi connectivity index (χ1) is 10.6. The summed E-state index contributed by atoms with van der Waals surface area (Å²) in [5.74, 6) is -0.364. The van der Waals surface area contributed by atoms with Crippen LogP contribution in [0.2, 0.25) is 5.02 Å². The van der Waals surface area contributed by atoms with Crippen LogP contribution in [0.15, 0.2) is 48.5 Å². The van der Waals surface area contributed by atoms with Crippen molar-refractivity contribution in [2.45, 2.75) is 0 Å². The second kappa shape index (κ2) is 5.66. The molecule has 1 heterocycles. The Morgan fingerprint density at radius 3 is 2.50 bits per heavy atom. The lowest BCUT2D eigenvalue weighted by Gasteiger charge is -2.08. The van der Waals surface area contributed by atoms with Crippen LogP contribution in [-0.2, 0) is 0 Å². The lowest BCUT2D eigenvalue weighted by Crippen LogP contribution is -2.00. The monoisotopic (exact) mass is 313 g/mol. The SMILES string of the molecule is COc1ccc2c(C(=O)O)cc(-c3ccc(Cl)cc3)nc2c1. The summed E-state index contributed by atoms with van der Waals surface area (Å²) < 4.78 is 5.18. The minimum atomic E-state index is -0.993. The standard InChI is InChI=1S/C17H12ClNO3/c1-22-12-6-7-13-14(17(20)21)9-15(19-16(13)8-12)10-2-4-11(18)5-3-10/h2-9H,1H3,(H,20,21). The van der Waals surface area contributed by atoms with Crippen LogP contribution in [-0.4, -0.2) is 23.2 Å². The quantitative estimate of drug-likeness (QED) is 0.784. The van der Waals surface area contributed by atoms with E-state index < -0.39 is 5.97 Å². The topological polar surface area (TPSA) is 59.4 Å². The molecule has 22 heavy (non-hydrogen) atoms. The van der Waals surface area contributed by atoms with E-state index in [4.69, 9.17) is 16.3 Å². The van der Waals surface area contributed by atoms with Gasteiger partial charge in [0.05, 0.1) is 23.9 Å². The van der Waals surface area contributed by atoms with E-state index in [0.29, 0.717) is 27.4 Å². The molecule has 0 amide bonds. The smallest absolute Gasteiger partial charge is 0.336 e. The number of aromatic nitrogens is 1. The van der Waals surface area contributed by atoms with Crippen LogP contribution in [0.4, 0.5) is 0 Å². The van der Waals surface area contributed by atoms with E-state index in [1.54, 1.807) is 43.5 Å². The van der Waals surface area contributed by atoms with Crippen molar-refractivity contribution < 1.29 is 14.6 Å². The largest absolute Gasteiger partial charge is 0.497 e. The molecule has 0 saturated heterocycles. The van der Waals surface area contributed by atoms with Crippen LogP contribution in [0.1, 0.15) is 10.4 Å². The van der Waals surface area contributed by atoms with E-state index in [-0.39, 0.29) is 5.56 Å². The number of hydrogen-bond acceptors (Lipinski definition) is 3. The van der Waals surface area contributed by atoms with Crippen molar-refractivity contribution in [3.8, 4) is 17.0 Å². The summed E-state index contributed by atoms with van der Waals surface area (Å²) in [4.78, 5) is 16.1. The van der Waals surface area contributed by atoms with Crippen molar-refractivity contribution in [2.24, 2.45) is 0 Å². The highest BCUT2D eigenvalue weighted by Crippen LogP contribution is 2.28. The van der Waals surface area contributed by atoms with Gasteiger partial charge in [0, 0.05) is 22.0 Å². The molecule has 1 N–H and O–H groups in total. The average Bonchev–Trinajstić information content (AvgIpc) is 2.53. The summed E-state index contributed by atoms with van der Waals surface area (Å²) in [5.41, 5.74) is 2.16. The maximum absolute atomic E-state index is 11.5. The zero-order valence-electron chi connectivity index (χ0n) is 11.7. The Labute approximate surface area is 131 Å². The van der Waals surface area contributed by atoms with Crippen molar-refractivity contribution in [3.63, 3.8) is 0 Å². The van der Waals surface area contributed by atoms with Crippen molar-refractivity contribution in [3.05, 3.63) is 59.1 Å². The van der Waals surface area contributed by atoms with Crippen molar-refractivity contribution >= 4 is 28.5 Å². The molecule has 4 nitrogen and oxygen atoms in total. The van der Waals surface area contributed by atoms with E-state index in [9.17, 15) is 9.90 Å². The molecular weight excluding hydrogens is 302 g/mol. The second-order valence-corrected chi connectivity index (χ2v) is 5.19. The van der Waals surface area contributed by atoms with Crippen molar-refractivity contribution in [1.29, 1.82) is 0 Å². The lowest BCUT2D eigenvalue weighted by atomic mass is 10.0. The van der Waals surface area contributed by atoms with Gasteiger partial charge in [-0.1, -0.05) is 23.7 Å². The molecule has 5 heteroatoms. The van der Waals surface area contributed by atoms with Gasteiger partial charge in [-0.2, -0.15) is 0 Å². The van der Waals surface area contributed by atoms with Gasteiger partial charge in [0.25, 0.3) is 0 Å². The number of benzene rings is 2. The molecule has 110 valence electrons. The van der Waals surface area contributed by atoms with E-state index in [0.717, 1.165) is 5.56 Å². The summed E-state index contributed by atoms with van der Waals surface area (Å²) >= 11 is 5.88. The van der Waals surface area contributed by atoms with Crippen LogP contribution in [0.3, 0.4) is 0 Å². The van der Waals surface area contributed by atoms with Gasteiger partial charge in [-0.15, -0.1) is 0 Å². The molecule has 0 saturated carbocycles. The van der Waals surface area contributed by atoms with Gasteiger partial charge in [0.2, 0.25) is 0 Å². The Morgan fingerprint density at radius 2 is 1.86 bits per heavy atom. The molecule has 0 bridgehead atoms. The fraction of sp³-hybridized carbons (Fsp3) is 0.0588. The van der Waals surface area contributed by atoms with Gasteiger partial charge in [0.1, 0.15) is 5.75 Å². The van der Waals surface area contributed by atoms with Gasteiger partial charge >= 0.3 is 5.97 Å². The minimum Gasteiger partial charge on any atom is -0.497 e. The van der Waals surface area contributed by atoms with E-state index >= 15 is 0 Å². The third-order valence-electron chi connectivity index (χ3n) is 3.39. The molecule has 0 aliphatic rings. The highest BCUT2D eigenvalue weighted by Gasteiger charge is 2.13. The first kappa shape index (κ1) is 14.4. The number of halogens is 1. The molecule has 0 atom stereocenters. The average molecular weight is 314 g/mol. The molecule has 0 unspecified atom stereocenters. The fourth-order valence-electron chi connectivity index (χ4n) is 2.28. The second-order valence-electron chi connectivity index (χ2n) is 4.75. The molecule has 0 fully saturated rings. The molecule has 3 rings (SSSR count). The maximum atomic E-state index is 11.5. The molecule has 0 radical (unpaired) electrons. The van der Waals surface area contributed by atoms with Gasteiger partial charge in [-0.05, 0) is 30.3 Å². The van der Waals surface area contributed by atoms with Crippen molar-refractivity contribution in [2.75, 3.05) is 7.11 Å². The van der Waals surface area contributed by atoms with Crippen LogP contribution in [0.25, 0.3) is 22.2 Å². The van der Waals surface area contributed by atoms with Crippen molar-refractivity contribution in [1.82, 2.24) is 4.98 Å². The number of pyridine rings is 1. The molecule has 0 aliphatic heterocycles. The number of aromatic carboxylic acids is 1. The summed E-state index contributed by atoms with van der Waals surface area (Å²) in [6.45, 7) is 0. The Morgan fingerprint density at radius 1 is 1.14 bits per heavy atom. The normalized spacial score (nSPS) is 10.6. The van der Waals surface area contributed by atoms with Gasteiger partial charge < -0.3 is 9.84 Å². The number of nitrogens with zero attached hydrogens (tertiary/aromatic N) is 1. The first-order valence-corrected chi connectivity index (χ1v) is 6.94. The Bertz CT molecular complexity index is 860. The molecule has 0 spiro atoms. The summed E-state index contributed by atoms with van der Waals surface area (Å²) in [6.07, 6.45) is 0. The van der Waals surface area contributed by atoms with Crippen LogP contribution in [0.5, 0.6) is 5.75 Å². The summed E-state index contributed by atoms with van der Waals surface area (Å²) in [6, 6.07) is 13.8. The number of carboxylic acid groups (broad SMARTS) is 1. The lowest BCUT2D eigenvalue weighted by molar-refractivity contribution is 0.0699. The molecular formula is C17H12ClNO3. The fourth-order valence-corrected chi connectivity index (χ4v) is 2.41. The first-order valence-electron chi connectivity index (χ1n) is 6.56. The zero-order valence-corrected chi connectivity index (χ0v) is 12.5. The minimum absolute atomic E-state index is 0.206. The van der Waals surface area contributed by atoms with Crippen LogP contribution in [0, 0.1) is 0 Å². The highest BCUT2D eigenvalue weighted by molar-refractivity contribution is 6.30. The zero-order chi connectivity index (χ0) is 15.7. The Balaban J connectivity index is 2.26. The molecule has 2 aromatic carbocycles. The number of ether oxygens (including phenoxy) is 1.